The molecular formula is C15H27N3O2S. The Bertz CT molecular complexity index is 574. The molecule has 0 amide bonds. The zero-order valence-corrected chi connectivity index (χ0v) is 14.3. The molecule has 0 aromatic carbocycles. The fourth-order valence-electron chi connectivity index (χ4n) is 2.66. The van der Waals surface area contributed by atoms with E-state index in [1.165, 1.54) is 0 Å². The molecule has 1 fully saturated rings. The Morgan fingerprint density at radius 1 is 1.43 bits per heavy atom. The number of rotatable bonds is 8. The Labute approximate surface area is 128 Å². The first-order chi connectivity index (χ1) is 9.91. The topological polar surface area (TPSA) is 54.3 Å². The number of nitrogens with one attached hydrogen (secondary N) is 1. The number of nitrogens with zero attached hydrogens (tertiary/aromatic N) is 2. The highest BCUT2D eigenvalue weighted by atomic mass is 32.2. The highest BCUT2D eigenvalue weighted by molar-refractivity contribution is 7.89. The molecule has 0 bridgehead atoms. The lowest BCUT2D eigenvalue weighted by atomic mass is 10.3. The van der Waals surface area contributed by atoms with E-state index < -0.39 is 10.0 Å². The van der Waals surface area contributed by atoms with Crippen molar-refractivity contribution in [2.45, 2.75) is 63.6 Å². The second-order valence-electron chi connectivity index (χ2n) is 6.05. The maximum Gasteiger partial charge on any atom is 0.244 e. The molecule has 0 radical (unpaired) electrons. The third-order valence-corrected chi connectivity index (χ3v) is 5.74. The molecule has 1 N–H and O–H groups in total. The molecule has 2 rings (SSSR count). The molecular weight excluding hydrogens is 286 g/mol. The van der Waals surface area contributed by atoms with Crippen LogP contribution in [0.25, 0.3) is 0 Å². The quantitative estimate of drug-likeness (QED) is 0.801. The predicted molar refractivity (Wildman–Crippen MR) is 84.8 cm³/mol. The van der Waals surface area contributed by atoms with E-state index in [-0.39, 0.29) is 12.1 Å². The maximum atomic E-state index is 12.9. The Morgan fingerprint density at radius 3 is 2.57 bits per heavy atom. The summed E-state index contributed by atoms with van der Waals surface area (Å²) in [6.07, 6.45) is 4.63. The van der Waals surface area contributed by atoms with Gasteiger partial charge in [-0.2, -0.15) is 4.31 Å². The molecule has 21 heavy (non-hydrogen) atoms. The summed E-state index contributed by atoms with van der Waals surface area (Å²) in [6, 6.07) is 2.28. The first-order valence-electron chi connectivity index (χ1n) is 7.79. The summed E-state index contributed by atoms with van der Waals surface area (Å²) in [5, 5.41) is 3.10. The van der Waals surface area contributed by atoms with Crippen LogP contribution in [0.15, 0.2) is 17.2 Å². The lowest BCUT2D eigenvalue weighted by molar-refractivity contribution is 0.403. The number of hydrogen-bond acceptors (Lipinski definition) is 3. The van der Waals surface area contributed by atoms with Gasteiger partial charge in [-0.25, -0.2) is 8.42 Å². The van der Waals surface area contributed by atoms with Crippen LogP contribution in [-0.2, 0) is 16.6 Å². The summed E-state index contributed by atoms with van der Waals surface area (Å²) in [4.78, 5) is 0.432. The van der Waals surface area contributed by atoms with E-state index in [0.717, 1.165) is 25.0 Å². The van der Waals surface area contributed by atoms with Crippen LogP contribution in [-0.4, -0.2) is 36.9 Å². The minimum absolute atomic E-state index is 0.213. The summed E-state index contributed by atoms with van der Waals surface area (Å²) in [5.41, 5.74) is 1.01. The fraction of sp³-hybridized carbons (Fsp3) is 0.733. The third-order valence-electron chi connectivity index (χ3n) is 3.83. The zero-order chi connectivity index (χ0) is 15.6. The van der Waals surface area contributed by atoms with E-state index >= 15 is 0 Å². The van der Waals surface area contributed by atoms with Gasteiger partial charge in [0.1, 0.15) is 4.90 Å². The average Bonchev–Trinajstić information content (AvgIpc) is 3.15. The van der Waals surface area contributed by atoms with Gasteiger partial charge in [0.25, 0.3) is 0 Å². The molecule has 0 saturated heterocycles. The first kappa shape index (κ1) is 16.5. The van der Waals surface area contributed by atoms with E-state index in [1.807, 2.05) is 24.6 Å². The van der Waals surface area contributed by atoms with Crippen LogP contribution in [0.1, 0.15) is 51.8 Å². The molecule has 0 aliphatic heterocycles. The van der Waals surface area contributed by atoms with Crippen molar-refractivity contribution in [1.29, 1.82) is 0 Å². The zero-order valence-electron chi connectivity index (χ0n) is 13.5. The minimum Gasteiger partial charge on any atom is -0.346 e. The first-order valence-corrected chi connectivity index (χ1v) is 9.23. The van der Waals surface area contributed by atoms with Gasteiger partial charge in [0, 0.05) is 37.1 Å². The predicted octanol–water partition coefficient (Wildman–Crippen LogP) is 2.35. The molecule has 6 heteroatoms. The molecule has 120 valence electrons. The van der Waals surface area contributed by atoms with Crippen molar-refractivity contribution in [1.82, 2.24) is 14.2 Å². The second kappa shape index (κ2) is 6.50. The van der Waals surface area contributed by atoms with E-state index in [2.05, 4.69) is 19.2 Å². The Kier molecular flexibility index (Phi) is 5.11. The highest BCUT2D eigenvalue weighted by Gasteiger charge is 2.38. The van der Waals surface area contributed by atoms with Crippen LogP contribution in [0.3, 0.4) is 0 Å². The molecule has 5 nitrogen and oxygen atoms in total. The van der Waals surface area contributed by atoms with Gasteiger partial charge < -0.3 is 9.88 Å². The van der Waals surface area contributed by atoms with Crippen LogP contribution in [0, 0.1) is 0 Å². The summed E-state index contributed by atoms with van der Waals surface area (Å²) in [6.45, 7) is 7.45. The van der Waals surface area contributed by atoms with Gasteiger partial charge in [0.15, 0.2) is 0 Å². The summed E-state index contributed by atoms with van der Waals surface area (Å²) in [5.74, 6) is 0. The lowest BCUT2D eigenvalue weighted by Gasteiger charge is -2.20. The molecule has 0 unspecified atom stereocenters. The van der Waals surface area contributed by atoms with Gasteiger partial charge in [-0.1, -0.05) is 6.92 Å². The molecule has 1 aromatic rings. The van der Waals surface area contributed by atoms with Crippen LogP contribution in [0.4, 0.5) is 0 Å². The maximum absolute atomic E-state index is 12.9. The van der Waals surface area contributed by atoms with Crippen molar-refractivity contribution < 1.29 is 8.42 Å². The van der Waals surface area contributed by atoms with Gasteiger partial charge >= 0.3 is 0 Å². The van der Waals surface area contributed by atoms with Crippen LogP contribution >= 0.6 is 0 Å². The molecule has 1 heterocycles. The van der Waals surface area contributed by atoms with Crippen LogP contribution in [0.2, 0.25) is 0 Å². The van der Waals surface area contributed by atoms with E-state index in [4.69, 9.17) is 0 Å². The largest absolute Gasteiger partial charge is 0.346 e. The van der Waals surface area contributed by atoms with Crippen molar-refractivity contribution >= 4 is 10.0 Å². The average molecular weight is 313 g/mol. The van der Waals surface area contributed by atoms with E-state index in [1.54, 1.807) is 10.5 Å². The Hall–Kier alpha value is -0.850. The van der Waals surface area contributed by atoms with E-state index in [0.29, 0.717) is 18.0 Å². The summed E-state index contributed by atoms with van der Waals surface area (Å²) in [7, 11) is -1.49. The molecule has 0 atom stereocenters. The monoisotopic (exact) mass is 313 g/mol. The van der Waals surface area contributed by atoms with Crippen LogP contribution in [0.5, 0.6) is 0 Å². The molecule has 1 aliphatic carbocycles. The van der Waals surface area contributed by atoms with Crippen molar-refractivity contribution in [3.8, 4) is 0 Å². The van der Waals surface area contributed by atoms with Gasteiger partial charge in [0.05, 0.1) is 0 Å². The van der Waals surface area contributed by atoms with Crippen molar-refractivity contribution in [3.05, 3.63) is 18.0 Å². The Balaban J connectivity index is 2.36. The van der Waals surface area contributed by atoms with E-state index in [9.17, 15) is 8.42 Å². The molecule has 1 saturated carbocycles. The van der Waals surface area contributed by atoms with Gasteiger partial charge in [0.2, 0.25) is 10.0 Å². The smallest absolute Gasteiger partial charge is 0.244 e. The second-order valence-corrected chi connectivity index (χ2v) is 7.94. The van der Waals surface area contributed by atoms with Crippen molar-refractivity contribution in [3.63, 3.8) is 0 Å². The standard InChI is InChI=1S/C15H27N3O2S/c1-5-8-18(13-6-7-13)21(19,20)15-9-14(10-16-4)17(11-15)12(2)3/h9,11-13,16H,5-8,10H2,1-4H3. The normalized spacial score (nSPS) is 16.1. The highest BCUT2D eigenvalue weighted by Crippen LogP contribution is 2.33. The van der Waals surface area contributed by atoms with Crippen molar-refractivity contribution in [2.24, 2.45) is 0 Å². The van der Waals surface area contributed by atoms with Crippen LogP contribution < -0.4 is 5.32 Å². The Morgan fingerprint density at radius 2 is 2.10 bits per heavy atom. The van der Waals surface area contributed by atoms with Gasteiger partial charge in [-0.15, -0.1) is 0 Å². The molecule has 1 aromatic heterocycles. The summed E-state index contributed by atoms with van der Waals surface area (Å²) >= 11 is 0. The van der Waals surface area contributed by atoms with Gasteiger partial charge in [-0.05, 0) is 46.2 Å². The third kappa shape index (κ3) is 3.49. The fourth-order valence-corrected chi connectivity index (χ4v) is 4.49. The lowest BCUT2D eigenvalue weighted by Crippen LogP contribution is -2.33. The number of hydrogen-bond donors (Lipinski definition) is 1. The molecule has 0 spiro atoms. The SMILES string of the molecule is CCCN(C1CC1)S(=O)(=O)c1cc(CNC)n(C(C)C)c1. The number of aromatic nitrogens is 1. The molecule has 1 aliphatic rings. The minimum atomic E-state index is -3.37. The summed E-state index contributed by atoms with van der Waals surface area (Å²) < 4.78 is 29.5. The van der Waals surface area contributed by atoms with Crippen molar-refractivity contribution in [2.75, 3.05) is 13.6 Å². The number of sulfonamides is 1. The van der Waals surface area contributed by atoms with Gasteiger partial charge in [-0.3, -0.25) is 0 Å².